The molecule has 0 saturated carbocycles. The smallest absolute Gasteiger partial charge is 0.276 e. The lowest BCUT2D eigenvalue weighted by Crippen LogP contribution is -2.37. The zero-order chi connectivity index (χ0) is 17.8. The van der Waals surface area contributed by atoms with Crippen LogP contribution >= 0.6 is 11.3 Å². The molecule has 1 fully saturated rings. The van der Waals surface area contributed by atoms with Crippen molar-refractivity contribution in [2.24, 2.45) is 0 Å². The van der Waals surface area contributed by atoms with Crippen molar-refractivity contribution in [1.29, 1.82) is 0 Å². The van der Waals surface area contributed by atoms with Crippen LogP contribution in [0.15, 0.2) is 42.2 Å². The summed E-state index contributed by atoms with van der Waals surface area (Å²) in [6, 6.07) is 7.31. The number of nitrogens with one attached hydrogen (secondary N) is 1. The van der Waals surface area contributed by atoms with Gasteiger partial charge >= 0.3 is 0 Å². The maximum absolute atomic E-state index is 12.5. The fourth-order valence-electron chi connectivity index (χ4n) is 2.56. The Kier molecular flexibility index (Phi) is 4.80. The van der Waals surface area contributed by atoms with Gasteiger partial charge in [0.05, 0.1) is 18.9 Å². The lowest BCUT2D eigenvalue weighted by Gasteiger charge is -2.27. The average molecular weight is 368 g/mol. The third-order valence-corrected chi connectivity index (χ3v) is 4.63. The largest absolute Gasteiger partial charge is 0.378 e. The number of morpholine rings is 1. The summed E-state index contributed by atoms with van der Waals surface area (Å²) in [6.45, 7) is 2.80. The Morgan fingerprint density at radius 1 is 1.15 bits per heavy atom. The monoisotopic (exact) mass is 368 g/mol. The lowest BCUT2D eigenvalue weighted by atomic mass is 10.3. The van der Waals surface area contributed by atoms with Crippen molar-refractivity contribution in [3.63, 3.8) is 0 Å². The van der Waals surface area contributed by atoms with E-state index in [4.69, 9.17) is 4.74 Å². The summed E-state index contributed by atoms with van der Waals surface area (Å²) in [6.07, 6.45) is 3.11. The van der Waals surface area contributed by atoms with Crippen molar-refractivity contribution in [3.8, 4) is 11.4 Å². The molecule has 1 N–H and O–H groups in total. The van der Waals surface area contributed by atoms with Crippen LogP contribution in [0.2, 0.25) is 0 Å². The molecule has 3 aromatic rings. The maximum atomic E-state index is 12.5. The van der Waals surface area contributed by atoms with Crippen LogP contribution in [-0.4, -0.2) is 52.1 Å². The first kappa shape index (κ1) is 16.6. The number of pyridine rings is 1. The van der Waals surface area contributed by atoms with Crippen LogP contribution in [0.3, 0.4) is 0 Å². The fourth-order valence-corrected chi connectivity index (χ4v) is 3.26. The Hall–Kier alpha value is -2.91. The van der Waals surface area contributed by atoms with Gasteiger partial charge < -0.3 is 9.64 Å². The molecule has 8 nitrogen and oxygen atoms in total. The molecule has 0 atom stereocenters. The number of amides is 1. The van der Waals surface area contributed by atoms with Gasteiger partial charge in [0.1, 0.15) is 23.5 Å². The van der Waals surface area contributed by atoms with E-state index in [0.29, 0.717) is 24.0 Å². The van der Waals surface area contributed by atoms with Gasteiger partial charge in [0.15, 0.2) is 5.13 Å². The van der Waals surface area contributed by atoms with E-state index in [1.807, 2.05) is 23.6 Å². The highest BCUT2D eigenvalue weighted by atomic mass is 32.1. The molecule has 0 spiro atoms. The molecule has 0 unspecified atom stereocenters. The number of hydrogen-bond donors (Lipinski definition) is 1. The Morgan fingerprint density at radius 3 is 2.85 bits per heavy atom. The van der Waals surface area contributed by atoms with E-state index in [-0.39, 0.29) is 5.91 Å². The summed E-state index contributed by atoms with van der Waals surface area (Å²) in [5, 5.41) is 5.15. The van der Waals surface area contributed by atoms with E-state index in [0.717, 1.165) is 30.3 Å². The first-order chi connectivity index (χ1) is 12.8. The zero-order valence-corrected chi connectivity index (χ0v) is 14.6. The molecule has 0 radical (unpaired) electrons. The van der Waals surface area contributed by atoms with Crippen molar-refractivity contribution in [1.82, 2.24) is 19.9 Å². The first-order valence-electron chi connectivity index (χ1n) is 8.12. The number of nitrogens with zero attached hydrogens (tertiary/aromatic N) is 5. The molecular formula is C17H16N6O2S. The maximum Gasteiger partial charge on any atom is 0.276 e. The van der Waals surface area contributed by atoms with Crippen LogP contribution in [0.1, 0.15) is 10.5 Å². The number of carbonyl (C=O) groups is 1. The molecular weight excluding hydrogens is 352 g/mol. The number of hydrogen-bond acceptors (Lipinski definition) is 8. The third kappa shape index (κ3) is 3.68. The van der Waals surface area contributed by atoms with Crippen LogP contribution in [-0.2, 0) is 4.74 Å². The van der Waals surface area contributed by atoms with Crippen molar-refractivity contribution >= 4 is 28.2 Å². The summed E-state index contributed by atoms with van der Waals surface area (Å²) in [7, 11) is 0. The minimum Gasteiger partial charge on any atom is -0.378 e. The quantitative estimate of drug-likeness (QED) is 0.753. The van der Waals surface area contributed by atoms with Gasteiger partial charge in [0.2, 0.25) is 0 Å². The number of rotatable bonds is 4. The second kappa shape index (κ2) is 7.54. The molecule has 26 heavy (non-hydrogen) atoms. The average Bonchev–Trinajstić information content (AvgIpc) is 3.18. The number of ether oxygens (including phenoxy) is 1. The molecule has 0 aromatic carbocycles. The summed E-state index contributed by atoms with van der Waals surface area (Å²) in [5.74, 6) is 0.408. The van der Waals surface area contributed by atoms with Gasteiger partial charge in [-0.25, -0.2) is 15.0 Å². The van der Waals surface area contributed by atoms with Gasteiger partial charge in [-0.15, -0.1) is 11.3 Å². The molecule has 1 amide bonds. The zero-order valence-electron chi connectivity index (χ0n) is 13.8. The SMILES string of the molecule is O=C(Nc1nc(-c2ccccn2)cs1)c1cc(N2CCOCC2)ncn1. The van der Waals surface area contributed by atoms with E-state index in [1.54, 1.807) is 12.3 Å². The summed E-state index contributed by atoms with van der Waals surface area (Å²) in [5.41, 5.74) is 1.79. The minimum atomic E-state index is -0.316. The highest BCUT2D eigenvalue weighted by Gasteiger charge is 2.16. The lowest BCUT2D eigenvalue weighted by molar-refractivity contribution is 0.102. The molecule has 1 saturated heterocycles. The number of aromatic nitrogens is 4. The number of thiazole rings is 1. The van der Waals surface area contributed by atoms with Gasteiger partial charge in [0, 0.05) is 30.7 Å². The molecule has 9 heteroatoms. The number of carbonyl (C=O) groups excluding carboxylic acids is 1. The Labute approximate surface area is 153 Å². The number of anilines is 2. The van der Waals surface area contributed by atoms with E-state index >= 15 is 0 Å². The molecule has 4 heterocycles. The van der Waals surface area contributed by atoms with Crippen molar-refractivity contribution in [2.45, 2.75) is 0 Å². The topological polar surface area (TPSA) is 93.1 Å². The highest BCUT2D eigenvalue weighted by molar-refractivity contribution is 7.14. The fraction of sp³-hybridized carbons (Fsp3) is 0.235. The molecule has 4 rings (SSSR count). The van der Waals surface area contributed by atoms with Crippen molar-refractivity contribution < 1.29 is 9.53 Å². The normalized spacial score (nSPS) is 14.2. The summed E-state index contributed by atoms with van der Waals surface area (Å²) in [4.78, 5) is 31.6. The first-order valence-corrected chi connectivity index (χ1v) is 9.00. The van der Waals surface area contributed by atoms with Crippen LogP contribution in [0, 0.1) is 0 Å². The van der Waals surface area contributed by atoms with Crippen molar-refractivity contribution in [3.05, 3.63) is 47.9 Å². The van der Waals surface area contributed by atoms with Gasteiger partial charge in [0.25, 0.3) is 5.91 Å². The standard InChI is InChI=1S/C17H16N6O2S/c24-16(13-9-15(20-11-19-13)23-5-7-25-8-6-23)22-17-21-14(10-26-17)12-3-1-2-4-18-12/h1-4,9-11H,5-8H2,(H,21,22,24). The highest BCUT2D eigenvalue weighted by Crippen LogP contribution is 2.23. The molecule has 1 aliphatic rings. The summed E-state index contributed by atoms with van der Waals surface area (Å²) >= 11 is 1.35. The van der Waals surface area contributed by atoms with E-state index in [2.05, 4.69) is 30.2 Å². The van der Waals surface area contributed by atoms with Crippen LogP contribution < -0.4 is 10.2 Å². The molecule has 0 aliphatic carbocycles. The molecule has 132 valence electrons. The Morgan fingerprint density at radius 2 is 2.04 bits per heavy atom. The van der Waals surface area contributed by atoms with E-state index < -0.39 is 0 Å². The van der Waals surface area contributed by atoms with E-state index in [9.17, 15) is 4.79 Å². The van der Waals surface area contributed by atoms with Crippen molar-refractivity contribution in [2.75, 3.05) is 36.5 Å². The van der Waals surface area contributed by atoms with Gasteiger partial charge in [-0.05, 0) is 12.1 Å². The molecule has 3 aromatic heterocycles. The third-order valence-electron chi connectivity index (χ3n) is 3.87. The second-order valence-electron chi connectivity index (χ2n) is 5.57. The van der Waals surface area contributed by atoms with Gasteiger partial charge in [-0.2, -0.15) is 0 Å². The van der Waals surface area contributed by atoms with Crippen LogP contribution in [0.5, 0.6) is 0 Å². The van der Waals surface area contributed by atoms with Crippen LogP contribution in [0.25, 0.3) is 11.4 Å². The van der Waals surface area contributed by atoms with Gasteiger partial charge in [-0.1, -0.05) is 6.07 Å². The molecule has 1 aliphatic heterocycles. The predicted molar refractivity (Wildman–Crippen MR) is 98.4 cm³/mol. The summed E-state index contributed by atoms with van der Waals surface area (Å²) < 4.78 is 5.34. The van der Waals surface area contributed by atoms with Crippen LogP contribution in [0.4, 0.5) is 10.9 Å². The Bertz CT molecular complexity index is 895. The predicted octanol–water partition coefficient (Wildman–Crippen LogP) is 2.08. The van der Waals surface area contributed by atoms with E-state index in [1.165, 1.54) is 17.7 Å². The van der Waals surface area contributed by atoms with Gasteiger partial charge in [-0.3, -0.25) is 15.1 Å². The minimum absolute atomic E-state index is 0.302. The second-order valence-corrected chi connectivity index (χ2v) is 6.43. The Balaban J connectivity index is 1.47. The molecule has 0 bridgehead atoms.